The number of rotatable bonds is 3. The highest BCUT2D eigenvalue weighted by Gasteiger charge is 2.40. The van der Waals surface area contributed by atoms with Crippen LogP contribution >= 0.6 is 0 Å². The van der Waals surface area contributed by atoms with Gasteiger partial charge in [0.2, 0.25) is 0 Å². The molecule has 4 atom stereocenters. The number of halogens is 3. The van der Waals surface area contributed by atoms with E-state index < -0.39 is 12.1 Å². The molecule has 1 fully saturated rings. The van der Waals surface area contributed by atoms with Crippen molar-refractivity contribution in [2.75, 3.05) is 6.54 Å². The smallest absolute Gasteiger partial charge is 0.312 e. The molecule has 1 saturated carbocycles. The minimum Gasteiger partial charge on any atom is -0.312 e. The zero-order chi connectivity index (χ0) is 13.1. The van der Waals surface area contributed by atoms with Crippen LogP contribution in [-0.4, -0.2) is 18.8 Å². The lowest BCUT2D eigenvalue weighted by Crippen LogP contribution is -2.41. The van der Waals surface area contributed by atoms with E-state index in [0.29, 0.717) is 11.8 Å². The van der Waals surface area contributed by atoms with Crippen LogP contribution in [0.4, 0.5) is 13.2 Å². The molecule has 0 aromatic rings. The summed E-state index contributed by atoms with van der Waals surface area (Å²) in [4.78, 5) is 0. The third kappa shape index (κ3) is 4.19. The first kappa shape index (κ1) is 14.3. The highest BCUT2D eigenvalue weighted by molar-refractivity contribution is 4.91. The molecule has 2 nitrogen and oxygen atoms in total. The van der Waals surface area contributed by atoms with E-state index >= 15 is 0 Å². The van der Waals surface area contributed by atoms with Gasteiger partial charge in [-0.15, -0.1) is 0 Å². The molecule has 0 aliphatic heterocycles. The Morgan fingerprint density at radius 2 is 1.94 bits per heavy atom. The molecule has 1 N–H and O–H groups in total. The largest absolute Gasteiger partial charge is 0.405 e. The van der Waals surface area contributed by atoms with Gasteiger partial charge < -0.3 is 5.32 Å². The summed E-state index contributed by atoms with van der Waals surface area (Å²) in [6.07, 6.45) is -1.57. The van der Waals surface area contributed by atoms with Crippen LogP contribution in [0.1, 0.15) is 33.1 Å². The Hall–Kier alpha value is -0.760. The minimum absolute atomic E-state index is 0.124. The number of hydrogen-bond acceptors (Lipinski definition) is 2. The summed E-state index contributed by atoms with van der Waals surface area (Å²) in [6, 6.07) is 1.44. The summed E-state index contributed by atoms with van der Waals surface area (Å²) in [5, 5.41) is 11.4. The predicted molar refractivity (Wildman–Crippen MR) is 59.1 cm³/mol. The van der Waals surface area contributed by atoms with Crippen molar-refractivity contribution in [3.63, 3.8) is 0 Å². The van der Waals surface area contributed by atoms with Gasteiger partial charge in [0.15, 0.2) is 5.92 Å². The molecule has 0 heterocycles. The summed E-state index contributed by atoms with van der Waals surface area (Å²) >= 11 is 0. The van der Waals surface area contributed by atoms with Gasteiger partial charge in [-0.2, -0.15) is 18.4 Å². The zero-order valence-electron chi connectivity index (χ0n) is 10.2. The number of nitrogens with one attached hydrogen (secondary N) is 1. The minimum atomic E-state index is -4.42. The van der Waals surface area contributed by atoms with Crippen LogP contribution in [0.3, 0.4) is 0 Å². The summed E-state index contributed by atoms with van der Waals surface area (Å²) in [5.74, 6) is -0.716. The fourth-order valence-electron chi connectivity index (χ4n) is 2.25. The molecule has 0 aromatic heterocycles. The van der Waals surface area contributed by atoms with Crippen LogP contribution < -0.4 is 5.32 Å². The molecule has 1 aliphatic carbocycles. The van der Waals surface area contributed by atoms with Crippen LogP contribution in [-0.2, 0) is 0 Å². The lowest BCUT2D eigenvalue weighted by molar-refractivity contribution is -0.158. The van der Waals surface area contributed by atoms with Gasteiger partial charge in [-0.3, -0.25) is 0 Å². The van der Waals surface area contributed by atoms with Crippen molar-refractivity contribution in [2.24, 2.45) is 17.8 Å². The van der Waals surface area contributed by atoms with E-state index in [4.69, 9.17) is 5.26 Å². The van der Waals surface area contributed by atoms with Crippen molar-refractivity contribution in [1.82, 2.24) is 5.32 Å². The highest BCUT2D eigenvalue weighted by atomic mass is 19.4. The number of hydrogen-bond donors (Lipinski definition) is 1. The quantitative estimate of drug-likeness (QED) is 0.833. The SMILES string of the molecule is CC1CCC(NCC(C#N)C(F)(F)F)CC1C. The third-order valence-corrected chi connectivity index (χ3v) is 3.76. The van der Waals surface area contributed by atoms with Crippen molar-refractivity contribution < 1.29 is 13.2 Å². The molecule has 1 aliphatic rings. The monoisotopic (exact) mass is 248 g/mol. The van der Waals surface area contributed by atoms with Gasteiger partial charge in [0.25, 0.3) is 0 Å². The van der Waals surface area contributed by atoms with E-state index in [2.05, 4.69) is 19.2 Å². The Bertz CT molecular complexity index is 282. The Kier molecular flexibility index (Phi) is 4.81. The first-order chi connectivity index (χ1) is 7.84. The molecule has 1 rings (SSSR count). The number of nitriles is 1. The highest BCUT2D eigenvalue weighted by Crippen LogP contribution is 2.30. The maximum Gasteiger partial charge on any atom is 0.405 e. The molecule has 0 amide bonds. The molecule has 5 heteroatoms. The molecule has 98 valence electrons. The van der Waals surface area contributed by atoms with Crippen LogP contribution in [0.25, 0.3) is 0 Å². The molecule has 0 radical (unpaired) electrons. The fourth-order valence-corrected chi connectivity index (χ4v) is 2.25. The molecule has 0 saturated heterocycles. The first-order valence-electron chi connectivity index (χ1n) is 6.04. The summed E-state index contributed by atoms with van der Waals surface area (Å²) < 4.78 is 37.1. The molecule has 17 heavy (non-hydrogen) atoms. The third-order valence-electron chi connectivity index (χ3n) is 3.76. The average molecular weight is 248 g/mol. The van der Waals surface area contributed by atoms with Crippen molar-refractivity contribution in [3.8, 4) is 6.07 Å². The van der Waals surface area contributed by atoms with E-state index in [1.165, 1.54) is 6.07 Å². The predicted octanol–water partition coefficient (Wildman–Crippen LogP) is 3.10. The normalized spacial score (nSPS) is 31.9. The zero-order valence-corrected chi connectivity index (χ0v) is 10.2. The van der Waals surface area contributed by atoms with Gasteiger partial charge in [-0.1, -0.05) is 13.8 Å². The van der Waals surface area contributed by atoms with Gasteiger partial charge in [-0.05, 0) is 31.1 Å². The Labute approximate surface area is 100 Å². The van der Waals surface area contributed by atoms with Gasteiger partial charge in [-0.25, -0.2) is 0 Å². The van der Waals surface area contributed by atoms with Crippen molar-refractivity contribution in [2.45, 2.75) is 45.3 Å². The second-order valence-corrected chi connectivity index (χ2v) is 5.10. The molecular weight excluding hydrogens is 229 g/mol. The number of alkyl halides is 3. The van der Waals surface area contributed by atoms with E-state index in [9.17, 15) is 13.2 Å². The van der Waals surface area contributed by atoms with E-state index in [-0.39, 0.29) is 12.6 Å². The van der Waals surface area contributed by atoms with Crippen molar-refractivity contribution in [1.29, 1.82) is 5.26 Å². The average Bonchev–Trinajstić information content (AvgIpc) is 2.22. The summed E-state index contributed by atoms with van der Waals surface area (Å²) in [7, 11) is 0. The first-order valence-corrected chi connectivity index (χ1v) is 6.04. The Morgan fingerprint density at radius 3 is 2.41 bits per heavy atom. The van der Waals surface area contributed by atoms with Crippen molar-refractivity contribution in [3.05, 3.63) is 0 Å². The molecule has 0 bridgehead atoms. The molecule has 0 spiro atoms. The van der Waals surface area contributed by atoms with E-state index in [1.807, 2.05) is 0 Å². The standard InChI is InChI=1S/C12H19F3N2/c1-8-3-4-11(5-9(8)2)17-7-10(6-16)12(13,14)15/h8-11,17H,3-5,7H2,1-2H3. The van der Waals surface area contributed by atoms with E-state index in [1.54, 1.807) is 0 Å². The maximum absolute atomic E-state index is 12.4. The molecule has 0 aromatic carbocycles. The van der Waals surface area contributed by atoms with Crippen LogP contribution in [0.5, 0.6) is 0 Å². The number of nitrogens with zero attached hydrogens (tertiary/aromatic N) is 1. The molecular formula is C12H19F3N2. The summed E-state index contributed by atoms with van der Waals surface area (Å²) in [6.45, 7) is 4.02. The van der Waals surface area contributed by atoms with Crippen LogP contribution in [0.15, 0.2) is 0 Å². The lowest BCUT2D eigenvalue weighted by Gasteiger charge is -2.33. The topological polar surface area (TPSA) is 35.8 Å². The van der Waals surface area contributed by atoms with Crippen LogP contribution in [0, 0.1) is 29.1 Å². The second kappa shape index (κ2) is 5.72. The second-order valence-electron chi connectivity index (χ2n) is 5.10. The maximum atomic E-state index is 12.4. The summed E-state index contributed by atoms with van der Waals surface area (Å²) in [5.41, 5.74) is 0. The Morgan fingerprint density at radius 1 is 1.29 bits per heavy atom. The fraction of sp³-hybridized carbons (Fsp3) is 0.917. The van der Waals surface area contributed by atoms with Gasteiger partial charge in [0.05, 0.1) is 6.07 Å². The Balaban J connectivity index is 2.39. The van der Waals surface area contributed by atoms with Crippen molar-refractivity contribution >= 4 is 0 Å². The van der Waals surface area contributed by atoms with Gasteiger partial charge in [0.1, 0.15) is 0 Å². The van der Waals surface area contributed by atoms with Gasteiger partial charge >= 0.3 is 6.18 Å². The van der Waals surface area contributed by atoms with Gasteiger partial charge in [0, 0.05) is 12.6 Å². The lowest BCUT2D eigenvalue weighted by atomic mass is 9.79. The van der Waals surface area contributed by atoms with Crippen LogP contribution in [0.2, 0.25) is 0 Å². The molecule has 4 unspecified atom stereocenters. The van der Waals surface area contributed by atoms with E-state index in [0.717, 1.165) is 19.3 Å².